The lowest BCUT2D eigenvalue weighted by Crippen LogP contribution is -2.31. The van der Waals surface area contributed by atoms with Crippen molar-refractivity contribution in [3.63, 3.8) is 0 Å². The fourth-order valence-corrected chi connectivity index (χ4v) is 11.8. The molecule has 5 rings (SSSR count). The summed E-state index contributed by atoms with van der Waals surface area (Å²) in [6, 6.07) is 19.0. The summed E-state index contributed by atoms with van der Waals surface area (Å²) in [6.07, 6.45) is -2.27. The highest BCUT2D eigenvalue weighted by atomic mass is 127. The van der Waals surface area contributed by atoms with E-state index in [9.17, 15) is 14.5 Å². The van der Waals surface area contributed by atoms with Crippen molar-refractivity contribution in [2.45, 2.75) is 54.0 Å². The van der Waals surface area contributed by atoms with E-state index in [1.165, 1.54) is 27.4 Å². The van der Waals surface area contributed by atoms with Crippen LogP contribution in [0.2, 0.25) is 0 Å². The minimum atomic E-state index is -3.18. The van der Waals surface area contributed by atoms with E-state index in [1.54, 1.807) is 13.8 Å². The Kier molecular flexibility index (Phi) is 11.2. The molecular weight excluding hydrogens is 730 g/mol. The zero-order valence-corrected chi connectivity index (χ0v) is 28.1. The topological polar surface area (TPSA) is 143 Å². The van der Waals surface area contributed by atoms with Crippen LogP contribution in [-0.2, 0) is 28.0 Å². The third-order valence-corrected chi connectivity index (χ3v) is 13.8. The largest absolute Gasteiger partial charge is 0.394 e. The standard InChI is InChI=1S/C27H32IN4O8PS2/c1-27(2)39-22-20(17-33)38-26(23(22)40-27)32-24(28)21(30-31-32)25(34)29-13-14-36-15-16-37-41(35,42-18-9-5-3-6-10-18)43-19-11-7-4-8-12-19/h3-12,20,22-23,26,33H,13-17H2,1-2H3,(H,29,34)/t20-,22-,23-,26-/m1/s1. The van der Waals surface area contributed by atoms with Gasteiger partial charge in [-0.2, -0.15) is 0 Å². The van der Waals surface area contributed by atoms with Gasteiger partial charge in [-0.1, -0.05) is 41.6 Å². The van der Waals surface area contributed by atoms with E-state index in [2.05, 4.69) is 15.6 Å². The van der Waals surface area contributed by atoms with Crippen LogP contribution in [-0.4, -0.2) is 83.1 Å². The van der Waals surface area contributed by atoms with Crippen LogP contribution in [0, 0.1) is 3.70 Å². The Hall–Kier alpha value is -1.53. The summed E-state index contributed by atoms with van der Waals surface area (Å²) >= 11 is 4.40. The Bertz CT molecular complexity index is 1370. The van der Waals surface area contributed by atoms with Gasteiger partial charge in [-0.15, -0.1) is 5.10 Å². The first-order chi connectivity index (χ1) is 20.7. The molecule has 3 heterocycles. The fraction of sp³-hybridized carbons (Fsp3) is 0.444. The lowest BCUT2D eigenvalue weighted by Gasteiger charge is -2.23. The predicted molar refractivity (Wildman–Crippen MR) is 169 cm³/mol. The number of hydrogen-bond acceptors (Lipinski definition) is 12. The second kappa shape index (κ2) is 14.7. The molecule has 0 spiro atoms. The maximum Gasteiger partial charge on any atom is 0.322 e. The van der Waals surface area contributed by atoms with Crippen molar-refractivity contribution < 1.29 is 37.9 Å². The summed E-state index contributed by atoms with van der Waals surface area (Å²) in [5.74, 6) is -4.44. The van der Waals surface area contributed by atoms with E-state index >= 15 is 0 Å². The van der Waals surface area contributed by atoms with E-state index in [4.69, 9.17) is 23.5 Å². The second-order valence-corrected chi connectivity index (χ2v) is 18.1. The number of amides is 1. The quantitative estimate of drug-likeness (QED) is 0.133. The van der Waals surface area contributed by atoms with Gasteiger partial charge in [0.2, 0.25) is 0 Å². The Labute approximate surface area is 271 Å². The summed E-state index contributed by atoms with van der Waals surface area (Å²) in [7, 11) is 0. The molecule has 16 heteroatoms. The monoisotopic (exact) mass is 762 g/mol. The number of fused-ring (bicyclic) bond motifs is 1. The van der Waals surface area contributed by atoms with E-state index in [0.717, 1.165) is 9.79 Å². The number of carbonyl (C=O) groups excluding carboxylic acids is 1. The van der Waals surface area contributed by atoms with Gasteiger partial charge in [-0.25, -0.2) is 4.68 Å². The predicted octanol–water partition coefficient (Wildman–Crippen LogP) is 4.75. The van der Waals surface area contributed by atoms with Crippen molar-refractivity contribution in [1.29, 1.82) is 0 Å². The summed E-state index contributed by atoms with van der Waals surface area (Å²) in [6.45, 7) is 4.11. The lowest BCUT2D eigenvalue weighted by molar-refractivity contribution is -0.202. The Balaban J connectivity index is 1.08. The Morgan fingerprint density at radius 1 is 1.05 bits per heavy atom. The molecule has 2 fully saturated rings. The number of halogens is 1. The highest BCUT2D eigenvalue weighted by Gasteiger charge is 2.56. The third-order valence-electron chi connectivity index (χ3n) is 6.33. The molecule has 2 aliphatic heterocycles. The van der Waals surface area contributed by atoms with Crippen molar-refractivity contribution in [2.24, 2.45) is 0 Å². The summed E-state index contributed by atoms with van der Waals surface area (Å²) in [5, 5.41) is 20.7. The summed E-state index contributed by atoms with van der Waals surface area (Å²) < 4.78 is 44.9. The molecule has 1 amide bonds. The minimum Gasteiger partial charge on any atom is -0.394 e. The number of ether oxygens (including phenoxy) is 4. The van der Waals surface area contributed by atoms with E-state index in [0.29, 0.717) is 3.70 Å². The Morgan fingerprint density at radius 2 is 1.67 bits per heavy atom. The number of rotatable bonds is 14. The van der Waals surface area contributed by atoms with Crippen molar-refractivity contribution in [1.82, 2.24) is 20.3 Å². The number of aliphatic hydroxyl groups is 1. The van der Waals surface area contributed by atoms with Crippen LogP contribution in [0.4, 0.5) is 0 Å². The molecule has 2 aromatic carbocycles. The molecule has 0 radical (unpaired) electrons. The van der Waals surface area contributed by atoms with Crippen molar-refractivity contribution in [2.75, 3.05) is 33.0 Å². The van der Waals surface area contributed by atoms with Gasteiger partial charge in [0.05, 0.1) is 26.4 Å². The molecule has 4 atom stereocenters. The number of nitrogens with zero attached hydrogens (tertiary/aromatic N) is 3. The molecule has 0 aliphatic carbocycles. The number of hydrogen-bond donors (Lipinski definition) is 2. The van der Waals surface area contributed by atoms with Crippen molar-refractivity contribution in [3.8, 4) is 0 Å². The van der Waals surface area contributed by atoms with Crippen LogP contribution in [0.15, 0.2) is 70.5 Å². The highest BCUT2D eigenvalue weighted by molar-refractivity contribution is 14.1. The number of benzene rings is 2. The van der Waals surface area contributed by atoms with Gasteiger partial charge >= 0.3 is 5.77 Å². The molecule has 2 saturated heterocycles. The first kappa shape index (κ1) is 32.9. The summed E-state index contributed by atoms with van der Waals surface area (Å²) in [4.78, 5) is 14.5. The average molecular weight is 763 g/mol. The fourth-order valence-electron chi connectivity index (χ4n) is 4.51. The molecule has 12 nitrogen and oxygen atoms in total. The number of nitrogens with one attached hydrogen (secondary N) is 1. The van der Waals surface area contributed by atoms with E-state index in [-0.39, 0.29) is 38.7 Å². The van der Waals surface area contributed by atoms with E-state index < -0.39 is 42.0 Å². The van der Waals surface area contributed by atoms with Gasteiger partial charge in [-0.3, -0.25) is 9.36 Å². The molecule has 232 valence electrons. The van der Waals surface area contributed by atoms with Crippen LogP contribution >= 0.6 is 51.1 Å². The average Bonchev–Trinajstić information content (AvgIpc) is 3.62. The number of carbonyl (C=O) groups is 1. The van der Waals surface area contributed by atoms with Gasteiger partial charge in [0.25, 0.3) is 5.91 Å². The maximum absolute atomic E-state index is 13.7. The highest BCUT2D eigenvalue weighted by Crippen LogP contribution is 2.74. The van der Waals surface area contributed by atoms with Crippen molar-refractivity contribution in [3.05, 3.63) is 70.1 Å². The van der Waals surface area contributed by atoms with Crippen LogP contribution < -0.4 is 5.32 Å². The van der Waals surface area contributed by atoms with Crippen LogP contribution in [0.25, 0.3) is 0 Å². The number of aliphatic hydroxyl groups excluding tert-OH is 1. The van der Waals surface area contributed by atoms with E-state index in [1.807, 2.05) is 83.3 Å². The molecule has 0 unspecified atom stereocenters. The maximum atomic E-state index is 13.7. The van der Waals surface area contributed by atoms with Crippen molar-refractivity contribution >= 4 is 57.0 Å². The van der Waals surface area contributed by atoms with Gasteiger partial charge in [0.1, 0.15) is 22.0 Å². The molecule has 2 aliphatic rings. The molecule has 2 N–H and O–H groups in total. The summed E-state index contributed by atoms with van der Waals surface area (Å²) in [5.41, 5.74) is 0.131. The zero-order chi connectivity index (χ0) is 30.5. The first-order valence-electron chi connectivity index (χ1n) is 13.5. The second-order valence-electron chi connectivity index (χ2n) is 9.94. The smallest absolute Gasteiger partial charge is 0.322 e. The first-order valence-corrected chi connectivity index (χ1v) is 19.1. The lowest BCUT2D eigenvalue weighted by atomic mass is 10.1. The zero-order valence-electron chi connectivity index (χ0n) is 23.4. The van der Waals surface area contributed by atoms with Crippen LogP contribution in [0.3, 0.4) is 0 Å². The SMILES string of the molecule is CC1(C)O[C@@H]2[C@H](O1)[C@@H](CO)O[C@H]2n1nnc(C(=O)NCCOCCOP(=O)(Sc2ccccc2)Sc2ccccc2)c1I. The Morgan fingerprint density at radius 3 is 2.30 bits per heavy atom. The molecule has 1 aromatic heterocycles. The van der Waals surface area contributed by atoms with Gasteiger partial charge in [0, 0.05) is 16.3 Å². The van der Waals surface area contributed by atoms with Crippen LogP contribution in [0.5, 0.6) is 0 Å². The molecule has 43 heavy (non-hydrogen) atoms. The molecule has 0 saturated carbocycles. The minimum absolute atomic E-state index is 0.123. The normalized spacial score (nSPS) is 22.9. The van der Waals surface area contributed by atoms with Gasteiger partial charge < -0.3 is 33.9 Å². The number of aromatic nitrogens is 3. The van der Waals surface area contributed by atoms with Gasteiger partial charge in [-0.05, 0) is 83.5 Å². The molecule has 0 bridgehead atoms. The van der Waals surface area contributed by atoms with Gasteiger partial charge in [0.15, 0.2) is 17.7 Å². The molecular formula is C27H32IN4O8PS2. The third kappa shape index (κ3) is 8.39. The van der Waals surface area contributed by atoms with Crippen LogP contribution in [0.1, 0.15) is 30.6 Å². The molecule has 3 aromatic rings.